The van der Waals surface area contributed by atoms with Crippen molar-refractivity contribution < 1.29 is 4.74 Å². The van der Waals surface area contributed by atoms with Crippen molar-refractivity contribution in [1.29, 1.82) is 5.26 Å². The number of methoxy groups -OCH3 is 1. The molecule has 19 heavy (non-hydrogen) atoms. The zero-order valence-electron chi connectivity index (χ0n) is 10.6. The highest BCUT2D eigenvalue weighted by Crippen LogP contribution is 2.21. The Morgan fingerprint density at radius 1 is 1.47 bits per heavy atom. The normalized spacial score (nSPS) is 10.5. The van der Waals surface area contributed by atoms with E-state index in [-0.39, 0.29) is 5.95 Å². The fraction of sp³-hybridized carbons (Fsp3) is 0.455. The first-order chi connectivity index (χ1) is 9.26. The first kappa shape index (κ1) is 13.0. The number of aromatic amines is 1. The van der Waals surface area contributed by atoms with E-state index >= 15 is 0 Å². The molecule has 2 aromatic rings. The van der Waals surface area contributed by atoms with E-state index in [2.05, 4.69) is 26.0 Å². The van der Waals surface area contributed by atoms with Crippen LogP contribution in [-0.4, -0.2) is 46.7 Å². The Morgan fingerprint density at radius 3 is 3.05 bits per heavy atom. The highest BCUT2D eigenvalue weighted by atomic mass is 16.5. The number of nitrogen functional groups attached to an aromatic ring is 1. The summed E-state index contributed by atoms with van der Waals surface area (Å²) in [5.41, 5.74) is 6.91. The molecule has 0 unspecified atom stereocenters. The SMILES string of the molecule is COCCN(CCC#N)c1nc(N)nc2nc[nH]c12. The van der Waals surface area contributed by atoms with E-state index in [1.165, 1.54) is 0 Å². The third-order valence-corrected chi connectivity index (χ3v) is 2.64. The molecular weight excluding hydrogens is 246 g/mol. The monoisotopic (exact) mass is 261 g/mol. The number of ether oxygens (including phenoxy) is 1. The van der Waals surface area contributed by atoms with Crippen LogP contribution in [0.1, 0.15) is 6.42 Å². The molecule has 2 heterocycles. The summed E-state index contributed by atoms with van der Waals surface area (Å²) in [5.74, 6) is 0.807. The highest BCUT2D eigenvalue weighted by Gasteiger charge is 2.15. The third kappa shape index (κ3) is 2.89. The highest BCUT2D eigenvalue weighted by molar-refractivity contribution is 5.84. The summed E-state index contributed by atoms with van der Waals surface area (Å²) in [5, 5.41) is 8.73. The van der Waals surface area contributed by atoms with Crippen LogP contribution in [0.15, 0.2) is 6.33 Å². The molecule has 2 aromatic heterocycles. The number of anilines is 2. The van der Waals surface area contributed by atoms with E-state index in [9.17, 15) is 0 Å². The lowest BCUT2D eigenvalue weighted by Gasteiger charge is -2.22. The minimum atomic E-state index is 0.161. The topological polar surface area (TPSA) is 117 Å². The van der Waals surface area contributed by atoms with E-state index < -0.39 is 0 Å². The average molecular weight is 261 g/mol. The van der Waals surface area contributed by atoms with Crippen LogP contribution in [-0.2, 0) is 4.74 Å². The summed E-state index contributed by atoms with van der Waals surface area (Å²) >= 11 is 0. The van der Waals surface area contributed by atoms with Gasteiger partial charge in [-0.3, -0.25) is 0 Å². The lowest BCUT2D eigenvalue weighted by Crippen LogP contribution is -2.29. The maximum atomic E-state index is 8.73. The summed E-state index contributed by atoms with van der Waals surface area (Å²) in [6, 6.07) is 2.12. The molecule has 2 rings (SSSR count). The molecule has 0 atom stereocenters. The average Bonchev–Trinajstić information content (AvgIpc) is 2.86. The summed E-state index contributed by atoms with van der Waals surface area (Å²) in [4.78, 5) is 17.3. The van der Waals surface area contributed by atoms with Crippen molar-refractivity contribution in [2.45, 2.75) is 6.42 Å². The fourth-order valence-corrected chi connectivity index (χ4v) is 1.77. The number of rotatable bonds is 6. The third-order valence-electron chi connectivity index (χ3n) is 2.64. The van der Waals surface area contributed by atoms with Gasteiger partial charge in [-0.05, 0) is 0 Å². The standard InChI is InChI=1S/C11H15N7O/c1-19-6-5-18(4-2-3-12)10-8-9(15-7-14-8)16-11(13)17-10/h7H,2,4-6H2,1H3,(H3,13,14,15,16,17). The number of nitrogens with zero attached hydrogens (tertiary/aromatic N) is 5. The molecule has 0 saturated carbocycles. The van der Waals surface area contributed by atoms with Gasteiger partial charge in [-0.25, -0.2) is 4.98 Å². The Bertz CT molecular complexity index is 588. The Labute approximate surface area is 110 Å². The van der Waals surface area contributed by atoms with Gasteiger partial charge in [-0.1, -0.05) is 0 Å². The van der Waals surface area contributed by atoms with Crippen LogP contribution in [0, 0.1) is 11.3 Å². The first-order valence-electron chi connectivity index (χ1n) is 5.83. The number of aromatic nitrogens is 4. The van der Waals surface area contributed by atoms with E-state index in [0.717, 1.165) is 0 Å². The van der Waals surface area contributed by atoms with Gasteiger partial charge < -0.3 is 20.4 Å². The molecule has 8 heteroatoms. The molecule has 0 fully saturated rings. The largest absolute Gasteiger partial charge is 0.383 e. The van der Waals surface area contributed by atoms with Crippen LogP contribution in [0.5, 0.6) is 0 Å². The molecule has 0 aromatic carbocycles. The fourth-order valence-electron chi connectivity index (χ4n) is 1.77. The predicted octanol–water partition coefficient (Wildman–Crippen LogP) is 0.302. The van der Waals surface area contributed by atoms with E-state index in [1.807, 2.05) is 4.90 Å². The Balaban J connectivity index is 2.36. The molecule has 0 aliphatic carbocycles. The van der Waals surface area contributed by atoms with E-state index in [4.69, 9.17) is 15.7 Å². The summed E-state index contributed by atoms with van der Waals surface area (Å²) in [6.45, 7) is 1.69. The van der Waals surface area contributed by atoms with E-state index in [1.54, 1.807) is 13.4 Å². The van der Waals surface area contributed by atoms with Crippen LogP contribution in [0.2, 0.25) is 0 Å². The lowest BCUT2D eigenvalue weighted by atomic mass is 10.3. The van der Waals surface area contributed by atoms with Crippen molar-refractivity contribution in [2.24, 2.45) is 0 Å². The Morgan fingerprint density at radius 2 is 2.32 bits per heavy atom. The minimum Gasteiger partial charge on any atom is -0.383 e. The number of fused-ring (bicyclic) bond motifs is 1. The molecule has 0 radical (unpaired) electrons. The van der Waals surface area contributed by atoms with Crippen molar-refractivity contribution in [2.75, 3.05) is 37.4 Å². The van der Waals surface area contributed by atoms with Gasteiger partial charge in [0.15, 0.2) is 11.5 Å². The van der Waals surface area contributed by atoms with Crippen molar-refractivity contribution in [3.63, 3.8) is 0 Å². The van der Waals surface area contributed by atoms with Crippen molar-refractivity contribution >= 4 is 22.9 Å². The van der Waals surface area contributed by atoms with Gasteiger partial charge in [-0.2, -0.15) is 15.2 Å². The molecular formula is C11H15N7O. The van der Waals surface area contributed by atoms with Gasteiger partial charge in [0.25, 0.3) is 0 Å². The molecule has 0 aliphatic rings. The molecule has 0 spiro atoms. The van der Waals surface area contributed by atoms with Gasteiger partial charge in [0.2, 0.25) is 5.95 Å². The molecule has 100 valence electrons. The molecule has 0 bridgehead atoms. The number of hydrogen-bond donors (Lipinski definition) is 2. The number of nitrogens with one attached hydrogen (secondary N) is 1. The zero-order chi connectivity index (χ0) is 13.7. The molecule has 0 amide bonds. The van der Waals surface area contributed by atoms with Crippen LogP contribution in [0.25, 0.3) is 11.2 Å². The molecule has 8 nitrogen and oxygen atoms in total. The first-order valence-corrected chi connectivity index (χ1v) is 5.83. The van der Waals surface area contributed by atoms with Crippen LogP contribution < -0.4 is 10.6 Å². The van der Waals surface area contributed by atoms with Crippen LogP contribution >= 0.6 is 0 Å². The number of nitriles is 1. The van der Waals surface area contributed by atoms with E-state index in [0.29, 0.717) is 43.1 Å². The van der Waals surface area contributed by atoms with Crippen LogP contribution in [0.3, 0.4) is 0 Å². The number of H-pyrrole nitrogens is 1. The van der Waals surface area contributed by atoms with Gasteiger partial charge in [0, 0.05) is 20.2 Å². The smallest absolute Gasteiger partial charge is 0.224 e. The van der Waals surface area contributed by atoms with Gasteiger partial charge in [-0.15, -0.1) is 0 Å². The second-order valence-corrected chi connectivity index (χ2v) is 3.89. The maximum Gasteiger partial charge on any atom is 0.224 e. The predicted molar refractivity (Wildman–Crippen MR) is 70.4 cm³/mol. The summed E-state index contributed by atoms with van der Waals surface area (Å²) in [6.07, 6.45) is 1.93. The Hall–Kier alpha value is -2.40. The Kier molecular flexibility index (Phi) is 4.10. The van der Waals surface area contributed by atoms with Crippen molar-refractivity contribution in [1.82, 2.24) is 19.9 Å². The lowest BCUT2D eigenvalue weighted by molar-refractivity contribution is 0.205. The zero-order valence-corrected chi connectivity index (χ0v) is 10.6. The second-order valence-electron chi connectivity index (χ2n) is 3.89. The minimum absolute atomic E-state index is 0.161. The quantitative estimate of drug-likeness (QED) is 0.768. The molecule has 0 saturated heterocycles. The second kappa shape index (κ2) is 5.97. The number of nitrogens with two attached hydrogens (primary N) is 1. The number of imidazole rings is 1. The van der Waals surface area contributed by atoms with Gasteiger partial charge >= 0.3 is 0 Å². The summed E-state index contributed by atoms with van der Waals surface area (Å²) in [7, 11) is 1.63. The van der Waals surface area contributed by atoms with Gasteiger partial charge in [0.05, 0.1) is 25.4 Å². The summed E-state index contributed by atoms with van der Waals surface area (Å²) < 4.78 is 5.07. The maximum absolute atomic E-state index is 8.73. The molecule has 3 N–H and O–H groups in total. The van der Waals surface area contributed by atoms with Gasteiger partial charge in [0.1, 0.15) is 5.52 Å². The number of hydrogen-bond acceptors (Lipinski definition) is 7. The van der Waals surface area contributed by atoms with Crippen LogP contribution in [0.4, 0.5) is 11.8 Å². The molecule has 0 aliphatic heterocycles. The van der Waals surface area contributed by atoms with Crippen molar-refractivity contribution in [3.8, 4) is 6.07 Å². The van der Waals surface area contributed by atoms with Crippen molar-refractivity contribution in [3.05, 3.63) is 6.33 Å².